The van der Waals surface area contributed by atoms with Gasteiger partial charge in [0.25, 0.3) is 0 Å². The third-order valence-electron chi connectivity index (χ3n) is 0.153. The van der Waals surface area contributed by atoms with Crippen LogP contribution in [0.1, 0.15) is 0 Å². The third kappa shape index (κ3) is 3.27. The minimum absolute atomic E-state index is 1.54. The molecule has 0 heterocycles. The van der Waals surface area contributed by atoms with Crippen molar-refractivity contribution in [2.24, 2.45) is 15.4 Å². The number of hydrogen-bond donors (Lipinski definition) is 0. The molecule has 0 N–H and O–H groups in total. The molecule has 5 heavy (non-hydrogen) atoms. The zero-order valence-corrected chi connectivity index (χ0v) is 3.05. The van der Waals surface area contributed by atoms with Gasteiger partial charge in [-0.05, 0) is 0 Å². The topological polar surface area (TPSA) is 37.1 Å². The summed E-state index contributed by atoms with van der Waals surface area (Å²) in [6.07, 6.45) is 0. The first-order chi connectivity index (χ1) is 2.41. The Morgan fingerprint density at radius 1 is 1.60 bits per heavy atom. The summed E-state index contributed by atoms with van der Waals surface area (Å²) < 4.78 is 0. The molecular formula is C2H5N3. The first-order valence-corrected chi connectivity index (χ1v) is 1.16. The Balaban J connectivity index is 2.92. The molecule has 0 saturated carbocycles. The van der Waals surface area contributed by atoms with Crippen molar-refractivity contribution in [2.45, 2.75) is 0 Å². The van der Waals surface area contributed by atoms with Gasteiger partial charge in [-0.1, -0.05) is 5.22 Å². The average Bonchev–Trinajstić information content (AvgIpc) is 1.41. The zero-order valence-electron chi connectivity index (χ0n) is 3.05. The average molecular weight is 71.1 g/mol. The van der Waals surface area contributed by atoms with E-state index < -0.39 is 0 Å². The van der Waals surface area contributed by atoms with E-state index in [1.165, 1.54) is 7.05 Å². The number of nitrogens with zero attached hydrogens (tertiary/aromatic N) is 3. The fraction of sp³-hybridized carbons (Fsp3) is 0.500. The molecule has 0 radical (unpaired) electrons. The van der Waals surface area contributed by atoms with Crippen molar-refractivity contribution in [1.82, 2.24) is 0 Å². The molecule has 0 saturated heterocycles. The molecule has 0 aliphatic heterocycles. The molecule has 0 aromatic heterocycles. The van der Waals surface area contributed by atoms with Crippen LogP contribution in [-0.4, -0.2) is 13.8 Å². The lowest BCUT2D eigenvalue weighted by Crippen LogP contribution is -1.39. The predicted molar refractivity (Wildman–Crippen MR) is 20.3 cm³/mol. The van der Waals surface area contributed by atoms with Gasteiger partial charge in [-0.2, -0.15) is 5.11 Å². The summed E-state index contributed by atoms with van der Waals surface area (Å²) >= 11 is 0. The van der Waals surface area contributed by atoms with Crippen LogP contribution in [0.15, 0.2) is 15.4 Å². The van der Waals surface area contributed by atoms with Gasteiger partial charge in [0.05, 0.1) is 7.05 Å². The summed E-state index contributed by atoms with van der Waals surface area (Å²) in [5.74, 6) is 0. The van der Waals surface area contributed by atoms with Crippen molar-refractivity contribution in [1.29, 1.82) is 0 Å². The minimum atomic E-state index is 1.54. The maximum atomic E-state index is 3.25. The Labute approximate surface area is 30.4 Å². The molecule has 0 aliphatic rings. The van der Waals surface area contributed by atoms with E-state index in [0.29, 0.717) is 0 Å². The van der Waals surface area contributed by atoms with Crippen LogP contribution >= 0.6 is 0 Å². The maximum Gasteiger partial charge on any atom is 0.0509 e. The second-order valence-corrected chi connectivity index (χ2v) is 0.431. The maximum absolute atomic E-state index is 3.25. The van der Waals surface area contributed by atoms with Gasteiger partial charge in [0.15, 0.2) is 0 Å². The third-order valence-corrected chi connectivity index (χ3v) is 0.153. The lowest BCUT2D eigenvalue weighted by atomic mass is 11.6. The molecule has 0 aliphatic carbocycles. The van der Waals surface area contributed by atoms with Crippen molar-refractivity contribution in [3.8, 4) is 0 Å². The van der Waals surface area contributed by atoms with Crippen molar-refractivity contribution in [3.63, 3.8) is 0 Å². The summed E-state index contributed by atoms with van der Waals surface area (Å²) in [5.41, 5.74) is 0. The van der Waals surface area contributed by atoms with Gasteiger partial charge in [-0.15, -0.1) is 5.10 Å². The van der Waals surface area contributed by atoms with Gasteiger partial charge in [-0.25, -0.2) is 0 Å². The van der Waals surface area contributed by atoms with Crippen LogP contribution < -0.4 is 0 Å². The van der Waals surface area contributed by atoms with Gasteiger partial charge in [0.2, 0.25) is 0 Å². The van der Waals surface area contributed by atoms with Crippen molar-refractivity contribution >= 4 is 6.72 Å². The first-order valence-electron chi connectivity index (χ1n) is 1.16. The van der Waals surface area contributed by atoms with Gasteiger partial charge < -0.3 is 0 Å². The summed E-state index contributed by atoms with van der Waals surface area (Å²) in [4.78, 5) is 0. The second kappa shape index (κ2) is 3.27. The summed E-state index contributed by atoms with van der Waals surface area (Å²) in [7, 11) is 1.54. The molecule has 0 atom stereocenters. The van der Waals surface area contributed by atoms with Crippen LogP contribution in [-0.2, 0) is 0 Å². The van der Waals surface area contributed by atoms with Crippen molar-refractivity contribution < 1.29 is 0 Å². The number of rotatable bonds is 1. The fourth-order valence-electron chi connectivity index (χ4n) is 0.0632. The van der Waals surface area contributed by atoms with E-state index in [-0.39, 0.29) is 0 Å². The molecule has 0 bridgehead atoms. The molecule has 0 unspecified atom stereocenters. The SMILES string of the molecule is C=NN=NC. The van der Waals surface area contributed by atoms with Crippen molar-refractivity contribution in [2.75, 3.05) is 7.05 Å². The Morgan fingerprint density at radius 2 is 2.20 bits per heavy atom. The van der Waals surface area contributed by atoms with E-state index in [1.54, 1.807) is 0 Å². The van der Waals surface area contributed by atoms with Crippen molar-refractivity contribution in [3.05, 3.63) is 0 Å². The minimum Gasteiger partial charge on any atom is -0.172 e. The monoisotopic (exact) mass is 71.0 g/mol. The molecule has 28 valence electrons. The predicted octanol–water partition coefficient (Wildman–Crippen LogP) is 0.684. The molecule has 0 spiro atoms. The molecule has 0 aromatic rings. The van der Waals surface area contributed by atoms with Crippen LogP contribution in [0.3, 0.4) is 0 Å². The van der Waals surface area contributed by atoms with Crippen LogP contribution in [0.4, 0.5) is 0 Å². The van der Waals surface area contributed by atoms with Crippen LogP contribution in [0, 0.1) is 0 Å². The Kier molecular flexibility index (Phi) is 2.79. The molecular weight excluding hydrogens is 66.0 g/mol. The lowest BCUT2D eigenvalue weighted by Gasteiger charge is -1.58. The van der Waals surface area contributed by atoms with Gasteiger partial charge in [-0.3, -0.25) is 0 Å². The molecule has 3 heteroatoms. The van der Waals surface area contributed by atoms with Crippen LogP contribution in [0.2, 0.25) is 0 Å². The van der Waals surface area contributed by atoms with E-state index >= 15 is 0 Å². The van der Waals surface area contributed by atoms with Crippen LogP contribution in [0.5, 0.6) is 0 Å². The largest absolute Gasteiger partial charge is 0.172 e. The summed E-state index contributed by atoms with van der Waals surface area (Å²) in [6.45, 7) is 3.04. The van der Waals surface area contributed by atoms with E-state index in [0.717, 1.165) is 0 Å². The second-order valence-electron chi connectivity index (χ2n) is 0.431. The molecule has 0 aromatic carbocycles. The van der Waals surface area contributed by atoms with Gasteiger partial charge in [0, 0.05) is 6.72 Å². The van der Waals surface area contributed by atoms with Gasteiger partial charge >= 0.3 is 0 Å². The summed E-state index contributed by atoms with van der Waals surface area (Å²) in [5, 5.41) is 9.42. The Bertz CT molecular complexity index is 46.9. The van der Waals surface area contributed by atoms with E-state index in [4.69, 9.17) is 0 Å². The van der Waals surface area contributed by atoms with E-state index in [1.807, 2.05) is 0 Å². The quantitative estimate of drug-likeness (QED) is 0.248. The highest BCUT2D eigenvalue weighted by Crippen LogP contribution is 1.61. The molecule has 0 amide bonds. The lowest BCUT2D eigenvalue weighted by molar-refractivity contribution is 1.03. The normalized spacial score (nSPS) is 9.00. The smallest absolute Gasteiger partial charge is 0.0509 e. The highest BCUT2D eigenvalue weighted by Gasteiger charge is 1.40. The van der Waals surface area contributed by atoms with E-state index in [2.05, 4.69) is 22.2 Å². The van der Waals surface area contributed by atoms with E-state index in [9.17, 15) is 0 Å². The first kappa shape index (κ1) is 4.27. The molecule has 0 fully saturated rings. The molecule has 0 rings (SSSR count). The standard InChI is InChI=1S/C2H5N3/c1-3-5-4-2/h1H2,2H3. The zero-order chi connectivity index (χ0) is 4.12. The highest BCUT2D eigenvalue weighted by atomic mass is 15.3. The number of hydrogen-bond acceptors (Lipinski definition) is 2. The summed E-state index contributed by atoms with van der Waals surface area (Å²) in [6, 6.07) is 0. The Hall–Kier alpha value is -0.730. The molecule has 3 nitrogen and oxygen atoms in total. The fourth-order valence-corrected chi connectivity index (χ4v) is 0.0632. The Morgan fingerprint density at radius 3 is 2.20 bits per heavy atom. The van der Waals surface area contributed by atoms with Gasteiger partial charge in [0.1, 0.15) is 0 Å². The van der Waals surface area contributed by atoms with Crippen LogP contribution in [0.25, 0.3) is 0 Å². The highest BCUT2D eigenvalue weighted by molar-refractivity contribution is 5.22.